The van der Waals surface area contributed by atoms with Crippen LogP contribution in [-0.4, -0.2) is 29.3 Å². The van der Waals surface area contributed by atoms with Crippen molar-refractivity contribution in [2.75, 3.05) is 6.54 Å². The lowest BCUT2D eigenvalue weighted by Gasteiger charge is -2.30. The molecule has 4 heteroatoms. The molecule has 0 saturated carbocycles. The molecule has 0 unspecified atom stereocenters. The van der Waals surface area contributed by atoms with E-state index in [1.807, 2.05) is 76.2 Å². The summed E-state index contributed by atoms with van der Waals surface area (Å²) in [5.41, 5.74) is 4.33. The lowest BCUT2D eigenvalue weighted by atomic mass is 10.1. The zero-order chi connectivity index (χ0) is 19.8. The third-order valence-corrected chi connectivity index (χ3v) is 4.69. The van der Waals surface area contributed by atoms with Crippen LogP contribution in [0.25, 0.3) is 0 Å². The number of aryl methyl sites for hydroxylation is 2. The summed E-state index contributed by atoms with van der Waals surface area (Å²) in [7, 11) is 0. The molecule has 0 saturated heterocycles. The second-order valence-electron chi connectivity index (χ2n) is 6.99. The molecule has 4 nitrogen and oxygen atoms in total. The number of amides is 2. The first-order valence-corrected chi connectivity index (χ1v) is 9.62. The Balaban J connectivity index is 2.25. The van der Waals surface area contributed by atoms with Crippen LogP contribution in [0, 0.1) is 13.8 Å². The fourth-order valence-corrected chi connectivity index (χ4v) is 3.08. The van der Waals surface area contributed by atoms with Gasteiger partial charge in [-0.3, -0.25) is 9.59 Å². The molecule has 27 heavy (non-hydrogen) atoms. The molecule has 2 aromatic rings. The van der Waals surface area contributed by atoms with Crippen LogP contribution in [0.2, 0.25) is 0 Å². The molecule has 0 radical (unpaired) electrons. The van der Waals surface area contributed by atoms with Crippen LogP contribution in [0.5, 0.6) is 0 Å². The predicted octanol–water partition coefficient (Wildman–Crippen LogP) is 3.79. The van der Waals surface area contributed by atoms with Crippen LogP contribution >= 0.6 is 0 Å². The molecule has 2 rings (SSSR count). The molecule has 1 atom stereocenters. The topological polar surface area (TPSA) is 49.4 Å². The van der Waals surface area contributed by atoms with Crippen molar-refractivity contribution >= 4 is 11.8 Å². The van der Waals surface area contributed by atoms with E-state index in [1.165, 1.54) is 5.56 Å². The summed E-state index contributed by atoms with van der Waals surface area (Å²) in [4.78, 5) is 27.4. The number of hydrogen-bond donors (Lipinski definition) is 1. The van der Waals surface area contributed by atoms with Gasteiger partial charge >= 0.3 is 0 Å². The molecule has 2 aromatic carbocycles. The Bertz CT molecular complexity index is 751. The minimum absolute atomic E-state index is 0.0301. The summed E-state index contributed by atoms with van der Waals surface area (Å²) in [6.45, 7) is 8.88. The standard InChI is InChI=1S/C23H30N2O2/c1-5-21(23(27)24-6-2)25(16-20-13-9-18(4)10-14-20)22(26)15-19-11-7-17(3)8-12-19/h7-14,21H,5-6,15-16H2,1-4H3,(H,24,27)/t21-/m0/s1. The Morgan fingerprint density at radius 1 is 0.889 bits per heavy atom. The minimum Gasteiger partial charge on any atom is -0.355 e. The summed E-state index contributed by atoms with van der Waals surface area (Å²) in [5.74, 6) is -0.123. The van der Waals surface area contributed by atoms with Gasteiger partial charge in [-0.2, -0.15) is 0 Å². The van der Waals surface area contributed by atoms with E-state index >= 15 is 0 Å². The van der Waals surface area contributed by atoms with Crippen molar-refractivity contribution in [2.45, 2.75) is 53.1 Å². The fraction of sp³-hybridized carbons (Fsp3) is 0.391. The van der Waals surface area contributed by atoms with Crippen LogP contribution < -0.4 is 5.32 Å². The maximum Gasteiger partial charge on any atom is 0.242 e. The normalized spacial score (nSPS) is 11.7. The van der Waals surface area contributed by atoms with Gasteiger partial charge in [0.2, 0.25) is 11.8 Å². The second-order valence-corrected chi connectivity index (χ2v) is 6.99. The SMILES string of the molecule is CCNC(=O)[C@H](CC)N(Cc1ccc(C)cc1)C(=O)Cc1ccc(C)cc1. The van der Waals surface area contributed by atoms with E-state index in [1.54, 1.807) is 4.90 Å². The summed E-state index contributed by atoms with van der Waals surface area (Å²) >= 11 is 0. The van der Waals surface area contributed by atoms with Crippen molar-refractivity contribution in [1.82, 2.24) is 10.2 Å². The summed E-state index contributed by atoms with van der Waals surface area (Å²) < 4.78 is 0. The van der Waals surface area contributed by atoms with Gasteiger partial charge in [-0.25, -0.2) is 0 Å². The molecule has 1 N–H and O–H groups in total. The van der Waals surface area contributed by atoms with Crippen molar-refractivity contribution in [3.8, 4) is 0 Å². The molecule has 0 bridgehead atoms. The van der Waals surface area contributed by atoms with Gasteiger partial charge < -0.3 is 10.2 Å². The van der Waals surface area contributed by atoms with Gasteiger partial charge in [0, 0.05) is 13.1 Å². The van der Waals surface area contributed by atoms with Crippen LogP contribution in [0.15, 0.2) is 48.5 Å². The molecule has 0 heterocycles. The summed E-state index contributed by atoms with van der Waals surface area (Å²) in [6.07, 6.45) is 0.874. The van der Waals surface area contributed by atoms with Crippen molar-refractivity contribution in [2.24, 2.45) is 0 Å². The van der Waals surface area contributed by atoms with Crippen molar-refractivity contribution < 1.29 is 9.59 Å². The number of hydrogen-bond acceptors (Lipinski definition) is 2. The van der Waals surface area contributed by atoms with Gasteiger partial charge in [-0.05, 0) is 38.3 Å². The van der Waals surface area contributed by atoms with Crippen molar-refractivity contribution in [1.29, 1.82) is 0 Å². The summed E-state index contributed by atoms with van der Waals surface area (Å²) in [5, 5.41) is 2.87. The van der Waals surface area contributed by atoms with E-state index in [9.17, 15) is 9.59 Å². The Hall–Kier alpha value is -2.62. The van der Waals surface area contributed by atoms with Crippen LogP contribution in [0.3, 0.4) is 0 Å². The second kappa shape index (κ2) is 9.91. The zero-order valence-corrected chi connectivity index (χ0v) is 16.8. The fourth-order valence-electron chi connectivity index (χ4n) is 3.08. The number of likely N-dealkylation sites (N-methyl/N-ethyl adjacent to an activating group) is 1. The van der Waals surface area contributed by atoms with Gasteiger partial charge in [0.1, 0.15) is 6.04 Å². The Morgan fingerprint density at radius 2 is 1.41 bits per heavy atom. The number of rotatable bonds is 8. The third kappa shape index (κ3) is 5.95. The highest BCUT2D eigenvalue weighted by Gasteiger charge is 2.28. The predicted molar refractivity (Wildman–Crippen MR) is 109 cm³/mol. The van der Waals surface area contributed by atoms with Gasteiger partial charge in [0.15, 0.2) is 0 Å². The van der Waals surface area contributed by atoms with Gasteiger partial charge in [0.05, 0.1) is 6.42 Å². The highest BCUT2D eigenvalue weighted by Crippen LogP contribution is 2.15. The number of nitrogens with one attached hydrogen (secondary N) is 1. The molecular weight excluding hydrogens is 336 g/mol. The Morgan fingerprint density at radius 3 is 1.89 bits per heavy atom. The first-order chi connectivity index (χ1) is 12.9. The van der Waals surface area contributed by atoms with E-state index in [0.29, 0.717) is 25.9 Å². The van der Waals surface area contributed by atoms with Gasteiger partial charge in [-0.1, -0.05) is 66.6 Å². The highest BCUT2D eigenvalue weighted by atomic mass is 16.2. The molecular formula is C23H30N2O2. The average Bonchev–Trinajstić information content (AvgIpc) is 2.65. The van der Waals surface area contributed by atoms with E-state index in [2.05, 4.69) is 5.32 Å². The molecule has 0 fully saturated rings. The lowest BCUT2D eigenvalue weighted by molar-refractivity contribution is -0.140. The zero-order valence-electron chi connectivity index (χ0n) is 16.8. The van der Waals surface area contributed by atoms with Gasteiger partial charge in [-0.15, -0.1) is 0 Å². The smallest absolute Gasteiger partial charge is 0.242 e. The average molecular weight is 367 g/mol. The van der Waals surface area contributed by atoms with Crippen LogP contribution in [0.1, 0.15) is 42.5 Å². The maximum absolute atomic E-state index is 13.1. The quantitative estimate of drug-likeness (QED) is 0.773. The highest BCUT2D eigenvalue weighted by molar-refractivity contribution is 5.88. The van der Waals surface area contributed by atoms with E-state index in [0.717, 1.165) is 16.7 Å². The van der Waals surface area contributed by atoms with Crippen LogP contribution in [0.4, 0.5) is 0 Å². The molecule has 2 amide bonds. The number of nitrogens with zero attached hydrogens (tertiary/aromatic N) is 1. The maximum atomic E-state index is 13.1. The lowest BCUT2D eigenvalue weighted by Crippen LogP contribution is -2.49. The van der Waals surface area contributed by atoms with Gasteiger partial charge in [0.25, 0.3) is 0 Å². The van der Waals surface area contributed by atoms with E-state index in [4.69, 9.17) is 0 Å². The molecule has 0 aromatic heterocycles. The molecule has 0 spiro atoms. The van der Waals surface area contributed by atoms with Crippen molar-refractivity contribution in [3.05, 3.63) is 70.8 Å². The third-order valence-electron chi connectivity index (χ3n) is 4.69. The van der Waals surface area contributed by atoms with Crippen LogP contribution in [-0.2, 0) is 22.6 Å². The largest absolute Gasteiger partial charge is 0.355 e. The minimum atomic E-state index is -0.468. The monoisotopic (exact) mass is 366 g/mol. The van der Waals surface area contributed by atoms with Crippen molar-refractivity contribution in [3.63, 3.8) is 0 Å². The van der Waals surface area contributed by atoms with E-state index < -0.39 is 6.04 Å². The number of carbonyl (C=O) groups excluding carboxylic acids is 2. The van der Waals surface area contributed by atoms with E-state index in [-0.39, 0.29) is 11.8 Å². The summed E-state index contributed by atoms with van der Waals surface area (Å²) in [6, 6.07) is 15.6. The Labute approximate surface area is 162 Å². The molecule has 0 aliphatic carbocycles. The molecule has 0 aliphatic rings. The first-order valence-electron chi connectivity index (χ1n) is 9.62. The number of carbonyl (C=O) groups is 2. The number of benzene rings is 2. The Kier molecular flexibility index (Phi) is 7.59. The molecule has 144 valence electrons. The molecule has 0 aliphatic heterocycles. The first kappa shape index (κ1) is 20.7.